The van der Waals surface area contributed by atoms with Crippen LogP contribution < -0.4 is 22.5 Å². The van der Waals surface area contributed by atoms with E-state index in [0.29, 0.717) is 30.0 Å². The summed E-state index contributed by atoms with van der Waals surface area (Å²) >= 11 is 0. The van der Waals surface area contributed by atoms with Crippen LogP contribution in [0.25, 0.3) is 0 Å². The van der Waals surface area contributed by atoms with E-state index in [2.05, 4.69) is 30.8 Å². The summed E-state index contributed by atoms with van der Waals surface area (Å²) in [6.45, 7) is 3.25. The monoisotopic (exact) mass is 1100 g/mol. The van der Waals surface area contributed by atoms with E-state index in [0.717, 1.165) is 10.8 Å². The number of aromatic nitrogens is 2. The number of carbonyl (C=O) groups excluding carboxylic acids is 3. The van der Waals surface area contributed by atoms with Gasteiger partial charge in [0.1, 0.15) is 30.9 Å². The first-order chi connectivity index (χ1) is 32.6. The van der Waals surface area contributed by atoms with Crippen LogP contribution in [-0.4, -0.2) is 118 Å². The molecular formula is C38H50N5O19P3S4. The number of rotatable bonds is 26. The van der Waals surface area contributed by atoms with E-state index in [1.807, 2.05) is 26.4 Å². The summed E-state index contributed by atoms with van der Waals surface area (Å²) < 4.78 is 76.8. The minimum absolute atomic E-state index is 0.0356. The Morgan fingerprint density at radius 1 is 0.928 bits per heavy atom. The van der Waals surface area contributed by atoms with Crippen LogP contribution in [0.3, 0.4) is 0 Å². The number of phosphoric ester groups is 1. The van der Waals surface area contributed by atoms with Gasteiger partial charge in [-0.3, -0.25) is 13.9 Å². The number of esters is 2. The van der Waals surface area contributed by atoms with Crippen molar-refractivity contribution < 1.29 is 84.5 Å². The highest BCUT2D eigenvalue weighted by Gasteiger charge is 2.45. The molecule has 3 aromatic rings. The van der Waals surface area contributed by atoms with Crippen LogP contribution in [0.5, 0.6) is 0 Å². The van der Waals surface area contributed by atoms with Crippen molar-refractivity contribution in [1.29, 1.82) is 0 Å². The second-order valence-corrected chi connectivity index (χ2v) is 24.0. The van der Waals surface area contributed by atoms with E-state index in [1.54, 1.807) is 24.3 Å². The van der Waals surface area contributed by atoms with Gasteiger partial charge < -0.3 is 60.0 Å². The molecule has 1 aliphatic rings. The number of ether oxygens (including phenoxy) is 5. The third kappa shape index (κ3) is 19.0. The molecule has 5 unspecified atom stereocenters. The van der Waals surface area contributed by atoms with Gasteiger partial charge in [-0.2, -0.15) is 13.6 Å². The van der Waals surface area contributed by atoms with Gasteiger partial charge in [-0.15, -0.1) is 0 Å². The number of amides is 1. The first-order valence-corrected chi connectivity index (χ1v) is 29.8. The number of benzene rings is 2. The fraction of sp³-hybridized carbons (Fsp3) is 0.447. The van der Waals surface area contributed by atoms with Gasteiger partial charge in [-0.25, -0.2) is 28.1 Å². The molecule has 1 aromatic heterocycles. The molecule has 31 heteroatoms. The molecule has 380 valence electrons. The Kier molecular flexibility index (Phi) is 23.3. The predicted octanol–water partition coefficient (Wildman–Crippen LogP) is 4.97. The van der Waals surface area contributed by atoms with Crippen molar-refractivity contribution in [3.05, 3.63) is 87.0 Å². The highest BCUT2D eigenvalue weighted by Crippen LogP contribution is 2.66. The predicted molar refractivity (Wildman–Crippen MR) is 259 cm³/mol. The van der Waals surface area contributed by atoms with Crippen LogP contribution in [-0.2, 0) is 55.3 Å². The molecule has 0 spiro atoms. The molecule has 9 N–H and O–H groups in total. The van der Waals surface area contributed by atoms with Gasteiger partial charge >= 0.3 is 41.1 Å². The molecule has 1 aliphatic heterocycles. The van der Waals surface area contributed by atoms with Gasteiger partial charge in [0, 0.05) is 35.3 Å². The Balaban J connectivity index is 1.53. The molecule has 1 saturated heterocycles. The van der Waals surface area contributed by atoms with Crippen LogP contribution >= 0.6 is 66.6 Å². The quantitative estimate of drug-likeness (QED) is 0.0183. The van der Waals surface area contributed by atoms with Crippen molar-refractivity contribution in [2.45, 2.75) is 49.2 Å². The Labute approximate surface area is 411 Å². The SMILES string of the molecule is CSSC(C)c1cc(NC(=O)COCCOCCN)ccc1C(=O)OCC#Cc1cn([C@H]2CC(OC(=O)c3ccccc3C(C)SSC)[C@@H](COP(=O)(O)OP(=O)(O)OP(=O)(O)O)O2)c(=O)nc1N. The summed E-state index contributed by atoms with van der Waals surface area (Å²) in [5, 5.41) is 2.34. The molecule has 1 amide bonds. The molecule has 0 saturated carbocycles. The lowest BCUT2D eigenvalue weighted by atomic mass is 10.0. The lowest BCUT2D eigenvalue weighted by Gasteiger charge is -2.22. The summed E-state index contributed by atoms with van der Waals surface area (Å²) in [6, 6.07) is 11.3. The third-order valence-electron chi connectivity index (χ3n) is 9.01. The van der Waals surface area contributed by atoms with E-state index >= 15 is 0 Å². The maximum Gasteiger partial charge on any atom is 0.490 e. The van der Waals surface area contributed by atoms with Crippen molar-refractivity contribution in [2.24, 2.45) is 5.73 Å². The minimum atomic E-state index is -5.89. The number of phosphoric acid groups is 3. The Hall–Kier alpha value is -3.26. The number of anilines is 2. The maximum absolute atomic E-state index is 13.7. The van der Waals surface area contributed by atoms with Crippen LogP contribution in [0, 0.1) is 11.8 Å². The van der Waals surface area contributed by atoms with Crippen molar-refractivity contribution in [3.63, 3.8) is 0 Å². The standard InChI is InChI=1S/C38H50N5O19P3S4/c1-23(68-66-3)27-9-5-6-10-28(27)37(46)60-31-19-34(59-32(31)21-58-64(51,52)62-65(53,54)61-63(48,49)50)43-20-25(35(40)42-38(43)47)8-7-14-57-36(45)29-12-11-26(18-30(29)24(2)69-67-4)41-33(44)22-56-17-16-55-15-13-39/h5-6,9-12,18,20,23-24,31-32,34H,13-17,19,21-22,39H2,1-4H3,(H,41,44)(H,51,52)(H,53,54)(H2,40,42,47)(H2,48,49,50)/t23?,24?,31?,32-,34-/m1/s1. The normalized spacial score (nSPS) is 18.5. The summed E-state index contributed by atoms with van der Waals surface area (Å²) in [6.07, 6.45) is 0.361. The average Bonchev–Trinajstić information content (AvgIpc) is 3.66. The number of hydrogen-bond acceptors (Lipinski definition) is 22. The zero-order valence-corrected chi connectivity index (χ0v) is 43.0. The maximum atomic E-state index is 13.7. The highest BCUT2D eigenvalue weighted by molar-refractivity contribution is 8.76. The zero-order valence-electron chi connectivity index (χ0n) is 37.1. The van der Waals surface area contributed by atoms with Gasteiger partial charge in [0.2, 0.25) is 5.91 Å². The molecule has 1 fully saturated rings. The molecule has 24 nitrogen and oxygen atoms in total. The second-order valence-electron chi connectivity index (χ2n) is 14.0. The first kappa shape index (κ1) is 58.3. The van der Waals surface area contributed by atoms with Crippen molar-refractivity contribution in [2.75, 3.05) is 69.7 Å². The molecule has 7 atom stereocenters. The second kappa shape index (κ2) is 27.5. The topological polar surface area (TPSA) is 356 Å². The fourth-order valence-corrected chi connectivity index (χ4v) is 12.7. The minimum Gasteiger partial charge on any atom is -0.456 e. The van der Waals surface area contributed by atoms with Crippen LogP contribution in [0.4, 0.5) is 11.5 Å². The van der Waals surface area contributed by atoms with Crippen molar-refractivity contribution in [1.82, 2.24) is 9.55 Å². The lowest BCUT2D eigenvalue weighted by molar-refractivity contribution is -0.121. The molecule has 0 aliphatic carbocycles. The Morgan fingerprint density at radius 2 is 1.59 bits per heavy atom. The van der Waals surface area contributed by atoms with Crippen molar-refractivity contribution >= 4 is 96.0 Å². The summed E-state index contributed by atoms with van der Waals surface area (Å²) in [7, 11) is -11.4. The zero-order chi connectivity index (χ0) is 50.9. The number of hydrogen-bond donors (Lipinski definition) is 7. The summed E-state index contributed by atoms with van der Waals surface area (Å²) in [5.74, 6) is 3.02. The number of nitrogens with zero attached hydrogens (tertiary/aromatic N) is 2. The number of nitrogens with two attached hydrogens (primary N) is 2. The molecular weight excluding hydrogens is 1050 g/mol. The van der Waals surface area contributed by atoms with E-state index in [4.69, 9.17) is 49.5 Å². The Morgan fingerprint density at radius 3 is 2.28 bits per heavy atom. The largest absolute Gasteiger partial charge is 0.490 e. The van der Waals surface area contributed by atoms with Gasteiger partial charge in [0.05, 0.1) is 43.1 Å². The van der Waals surface area contributed by atoms with Gasteiger partial charge in [-0.05, 0) is 61.8 Å². The smallest absolute Gasteiger partial charge is 0.456 e. The molecule has 0 bridgehead atoms. The number of carbonyl (C=O) groups is 3. The average molecular weight is 1100 g/mol. The van der Waals surface area contributed by atoms with E-state index < -0.39 is 78.7 Å². The lowest BCUT2D eigenvalue weighted by Crippen LogP contribution is -2.31. The number of nitrogen functional groups attached to an aromatic ring is 1. The van der Waals surface area contributed by atoms with Crippen molar-refractivity contribution in [3.8, 4) is 11.8 Å². The molecule has 4 rings (SSSR count). The summed E-state index contributed by atoms with van der Waals surface area (Å²) in [5.41, 5.74) is 12.4. The number of nitrogens with one attached hydrogen (secondary N) is 1. The van der Waals surface area contributed by atoms with Crippen LogP contribution in [0.2, 0.25) is 0 Å². The van der Waals surface area contributed by atoms with Gasteiger partial charge in [0.25, 0.3) is 0 Å². The fourth-order valence-electron chi connectivity index (χ4n) is 6.17. The van der Waals surface area contributed by atoms with Crippen LogP contribution in [0.15, 0.2) is 53.5 Å². The highest BCUT2D eigenvalue weighted by atomic mass is 33.1. The van der Waals surface area contributed by atoms with E-state index in [-0.39, 0.29) is 59.2 Å². The molecule has 0 radical (unpaired) electrons. The van der Waals surface area contributed by atoms with E-state index in [1.165, 1.54) is 61.4 Å². The third-order valence-corrected chi connectivity index (χ3v) is 17.2. The Bertz CT molecular complexity index is 2550. The summed E-state index contributed by atoms with van der Waals surface area (Å²) in [4.78, 5) is 94.2. The van der Waals surface area contributed by atoms with E-state index in [9.17, 15) is 42.7 Å². The molecule has 2 aromatic carbocycles. The van der Waals surface area contributed by atoms with Gasteiger partial charge in [0.15, 0.2) is 6.61 Å². The van der Waals surface area contributed by atoms with Gasteiger partial charge in [-0.1, -0.05) is 73.2 Å². The van der Waals surface area contributed by atoms with Crippen LogP contribution in [0.1, 0.15) is 74.4 Å². The molecule has 69 heavy (non-hydrogen) atoms. The first-order valence-electron chi connectivity index (χ1n) is 20.0. The molecule has 2 heterocycles.